The molecule has 0 spiro atoms. The van der Waals surface area contributed by atoms with Crippen molar-refractivity contribution >= 4 is 32.9 Å². The predicted molar refractivity (Wildman–Crippen MR) is 112 cm³/mol. The highest BCUT2D eigenvalue weighted by Crippen LogP contribution is 2.46. The maximum atomic E-state index is 12.9. The van der Waals surface area contributed by atoms with Crippen LogP contribution in [0.2, 0.25) is 0 Å². The van der Waals surface area contributed by atoms with Crippen LogP contribution in [-0.4, -0.2) is 32.2 Å². The molecule has 2 aromatic carbocycles. The smallest absolute Gasteiger partial charge is 0.340 e. The molecule has 0 aliphatic carbocycles. The van der Waals surface area contributed by atoms with Gasteiger partial charge >= 0.3 is 11.9 Å². The lowest BCUT2D eigenvalue weighted by molar-refractivity contribution is -0.142. The fourth-order valence-electron chi connectivity index (χ4n) is 3.96. The van der Waals surface area contributed by atoms with Gasteiger partial charge in [-0.3, -0.25) is 4.79 Å². The Morgan fingerprint density at radius 2 is 1.47 bits per heavy atom. The maximum absolute atomic E-state index is 12.9. The van der Waals surface area contributed by atoms with Crippen LogP contribution >= 0.6 is 0 Å². The largest absolute Gasteiger partial charge is 0.451 e. The zero-order valence-corrected chi connectivity index (χ0v) is 18.2. The first-order valence-electron chi connectivity index (χ1n) is 9.48. The molecule has 156 valence electrons. The molecule has 4 rings (SSSR count). The number of hydrogen-bond acceptors (Lipinski definition) is 6. The van der Waals surface area contributed by atoms with Gasteiger partial charge < -0.3 is 9.47 Å². The number of esters is 2. The Morgan fingerprint density at radius 3 is 2.07 bits per heavy atom. The SMILES string of the molecule is CC1(C)OC(=O)C(c2ccc3c(c2)C(C)(C)C(=O)O3)=C1c1ccc(S(C)(=O)=O)cc1. The standard InChI is InChI=1S/C23H22O6S/c1-22(2)16-12-14(8-11-17(16)28-21(22)25)18-19(23(3,4)29-20(18)24)13-6-9-15(10-7-13)30(5,26)27/h6-12H,1-5H3. The molecule has 0 N–H and O–H groups in total. The number of cyclic esters (lactones) is 1. The number of sulfone groups is 1. The van der Waals surface area contributed by atoms with Gasteiger partial charge in [0.2, 0.25) is 0 Å². The summed E-state index contributed by atoms with van der Waals surface area (Å²) in [6.45, 7) is 7.14. The first-order chi connectivity index (χ1) is 13.8. The summed E-state index contributed by atoms with van der Waals surface area (Å²) in [7, 11) is -3.33. The monoisotopic (exact) mass is 426 g/mol. The lowest BCUT2D eigenvalue weighted by Gasteiger charge is -2.22. The molecule has 2 aliphatic rings. The van der Waals surface area contributed by atoms with Crippen molar-refractivity contribution in [3.63, 3.8) is 0 Å². The second-order valence-electron chi connectivity index (χ2n) is 8.67. The van der Waals surface area contributed by atoms with Crippen molar-refractivity contribution in [3.8, 4) is 5.75 Å². The molecule has 7 heteroatoms. The normalized spacial score (nSPS) is 19.5. The number of fused-ring (bicyclic) bond motifs is 1. The molecule has 0 atom stereocenters. The molecule has 0 fully saturated rings. The molecule has 2 aliphatic heterocycles. The van der Waals surface area contributed by atoms with Crippen LogP contribution in [0.15, 0.2) is 47.4 Å². The molecule has 0 saturated carbocycles. The second-order valence-corrected chi connectivity index (χ2v) is 10.7. The van der Waals surface area contributed by atoms with Gasteiger partial charge in [-0.2, -0.15) is 0 Å². The van der Waals surface area contributed by atoms with Crippen molar-refractivity contribution in [1.82, 2.24) is 0 Å². The van der Waals surface area contributed by atoms with Crippen molar-refractivity contribution in [2.75, 3.05) is 6.26 Å². The van der Waals surface area contributed by atoms with E-state index in [1.165, 1.54) is 12.1 Å². The van der Waals surface area contributed by atoms with Gasteiger partial charge in [0.15, 0.2) is 9.84 Å². The van der Waals surface area contributed by atoms with Gasteiger partial charge in [0.05, 0.1) is 15.9 Å². The van der Waals surface area contributed by atoms with Crippen molar-refractivity contribution in [1.29, 1.82) is 0 Å². The van der Waals surface area contributed by atoms with Crippen LogP contribution in [0, 0.1) is 0 Å². The summed E-state index contributed by atoms with van der Waals surface area (Å²) < 4.78 is 34.6. The maximum Gasteiger partial charge on any atom is 0.340 e. The van der Waals surface area contributed by atoms with E-state index in [9.17, 15) is 18.0 Å². The van der Waals surface area contributed by atoms with Crippen LogP contribution in [0.3, 0.4) is 0 Å². The quantitative estimate of drug-likeness (QED) is 0.551. The number of hydrogen-bond donors (Lipinski definition) is 0. The van der Waals surface area contributed by atoms with Crippen LogP contribution in [0.5, 0.6) is 5.75 Å². The third-order valence-electron chi connectivity index (χ3n) is 5.63. The highest BCUT2D eigenvalue weighted by molar-refractivity contribution is 7.90. The molecular formula is C23H22O6S. The van der Waals surface area contributed by atoms with Crippen LogP contribution < -0.4 is 4.74 Å². The molecule has 0 bridgehead atoms. The lowest BCUT2D eigenvalue weighted by Crippen LogP contribution is -2.25. The third-order valence-corrected chi connectivity index (χ3v) is 6.76. The number of ether oxygens (including phenoxy) is 2. The first kappa shape index (κ1) is 20.3. The fraction of sp³-hybridized carbons (Fsp3) is 0.304. The zero-order valence-electron chi connectivity index (χ0n) is 17.4. The Bertz CT molecular complexity index is 1230. The molecule has 0 unspecified atom stereocenters. The van der Waals surface area contributed by atoms with Crippen molar-refractivity contribution < 1.29 is 27.5 Å². The van der Waals surface area contributed by atoms with E-state index in [2.05, 4.69) is 0 Å². The van der Waals surface area contributed by atoms with E-state index in [4.69, 9.17) is 9.47 Å². The minimum Gasteiger partial charge on any atom is -0.451 e. The average Bonchev–Trinajstić information content (AvgIpc) is 3.02. The van der Waals surface area contributed by atoms with E-state index < -0.39 is 26.8 Å². The van der Waals surface area contributed by atoms with Gasteiger partial charge in [0.25, 0.3) is 0 Å². The minimum absolute atomic E-state index is 0.200. The molecule has 0 radical (unpaired) electrons. The summed E-state index contributed by atoms with van der Waals surface area (Å²) >= 11 is 0. The van der Waals surface area contributed by atoms with Gasteiger partial charge in [-0.25, -0.2) is 13.2 Å². The Morgan fingerprint density at radius 1 is 0.867 bits per heavy atom. The van der Waals surface area contributed by atoms with Crippen LogP contribution in [-0.2, 0) is 29.6 Å². The van der Waals surface area contributed by atoms with Gasteiger partial charge in [0.1, 0.15) is 11.4 Å². The Hall–Kier alpha value is -2.93. The minimum atomic E-state index is -3.33. The van der Waals surface area contributed by atoms with E-state index in [0.29, 0.717) is 33.6 Å². The third kappa shape index (κ3) is 3.04. The summed E-state index contributed by atoms with van der Waals surface area (Å²) in [5.41, 5.74) is 1.36. The second kappa shape index (κ2) is 6.28. The summed E-state index contributed by atoms with van der Waals surface area (Å²) in [4.78, 5) is 25.2. The summed E-state index contributed by atoms with van der Waals surface area (Å²) in [6.07, 6.45) is 1.15. The Balaban J connectivity index is 1.91. The Kier molecular flexibility index (Phi) is 4.26. The fourth-order valence-corrected chi connectivity index (χ4v) is 4.59. The van der Waals surface area contributed by atoms with E-state index in [1.807, 2.05) is 0 Å². The van der Waals surface area contributed by atoms with E-state index in [-0.39, 0.29) is 10.9 Å². The molecule has 0 amide bonds. The number of carbonyl (C=O) groups excluding carboxylic acids is 2. The average molecular weight is 426 g/mol. The molecule has 0 aromatic heterocycles. The van der Waals surface area contributed by atoms with Crippen molar-refractivity contribution in [2.45, 2.75) is 43.6 Å². The highest BCUT2D eigenvalue weighted by Gasteiger charge is 2.44. The molecule has 2 heterocycles. The van der Waals surface area contributed by atoms with Gasteiger partial charge in [-0.1, -0.05) is 18.2 Å². The molecule has 0 saturated heterocycles. The number of carbonyl (C=O) groups is 2. The number of rotatable bonds is 3. The highest BCUT2D eigenvalue weighted by atomic mass is 32.2. The first-order valence-corrected chi connectivity index (χ1v) is 11.4. The van der Waals surface area contributed by atoms with Crippen LogP contribution in [0.1, 0.15) is 44.4 Å². The molecular weight excluding hydrogens is 404 g/mol. The summed E-state index contributed by atoms with van der Waals surface area (Å²) in [5, 5.41) is 0. The summed E-state index contributed by atoms with van der Waals surface area (Å²) in [5.74, 6) is -0.321. The molecule has 30 heavy (non-hydrogen) atoms. The van der Waals surface area contributed by atoms with Gasteiger partial charge in [-0.15, -0.1) is 0 Å². The molecule has 6 nitrogen and oxygen atoms in total. The van der Waals surface area contributed by atoms with Crippen LogP contribution in [0.25, 0.3) is 11.1 Å². The van der Waals surface area contributed by atoms with Crippen molar-refractivity contribution in [2.24, 2.45) is 0 Å². The predicted octanol–water partition coefficient (Wildman–Crippen LogP) is 3.53. The lowest BCUT2D eigenvalue weighted by atomic mass is 9.82. The van der Waals surface area contributed by atoms with Crippen molar-refractivity contribution in [3.05, 3.63) is 59.2 Å². The Labute approximate surface area is 175 Å². The van der Waals surface area contributed by atoms with E-state index in [1.54, 1.807) is 58.0 Å². The summed E-state index contributed by atoms with van der Waals surface area (Å²) in [6, 6.07) is 11.6. The van der Waals surface area contributed by atoms with Gasteiger partial charge in [-0.05, 0) is 63.1 Å². The van der Waals surface area contributed by atoms with E-state index >= 15 is 0 Å². The molecule has 2 aromatic rings. The van der Waals surface area contributed by atoms with Crippen LogP contribution in [0.4, 0.5) is 0 Å². The van der Waals surface area contributed by atoms with Gasteiger partial charge in [0, 0.05) is 17.4 Å². The zero-order chi connectivity index (χ0) is 22.1. The number of benzene rings is 2. The topological polar surface area (TPSA) is 86.7 Å². The van der Waals surface area contributed by atoms with E-state index in [0.717, 1.165) is 6.26 Å².